The van der Waals surface area contributed by atoms with Crippen LogP contribution in [0.5, 0.6) is 0 Å². The molecule has 2 aromatic rings. The number of rotatable bonds is 4. The van der Waals surface area contributed by atoms with Crippen LogP contribution in [0.15, 0.2) is 48.8 Å². The van der Waals surface area contributed by atoms with Gasteiger partial charge in [0, 0.05) is 24.0 Å². The Morgan fingerprint density at radius 3 is 2.67 bits per heavy atom. The van der Waals surface area contributed by atoms with Crippen molar-refractivity contribution in [3.8, 4) is 0 Å². The van der Waals surface area contributed by atoms with Gasteiger partial charge < -0.3 is 10.2 Å². The molecule has 7 heteroatoms. The first kappa shape index (κ1) is 17.9. The normalized spacial score (nSPS) is 22.7. The SMILES string of the molecule is O=C1C2NCCCC2N(Cc2ccccc2Cl)C(=O)N1Cc1ccncc1. The van der Waals surface area contributed by atoms with Gasteiger partial charge in [-0.25, -0.2) is 4.79 Å². The van der Waals surface area contributed by atoms with Crippen LogP contribution in [0.3, 0.4) is 0 Å². The van der Waals surface area contributed by atoms with Crippen molar-refractivity contribution < 1.29 is 9.59 Å². The molecule has 2 aliphatic rings. The maximum Gasteiger partial charge on any atom is 0.327 e. The van der Waals surface area contributed by atoms with Gasteiger partial charge in [0.25, 0.3) is 0 Å². The molecule has 4 rings (SSSR count). The summed E-state index contributed by atoms with van der Waals surface area (Å²) in [5.41, 5.74) is 1.76. The van der Waals surface area contributed by atoms with Crippen molar-refractivity contribution in [3.05, 3.63) is 64.9 Å². The Balaban J connectivity index is 1.64. The average molecular weight is 385 g/mol. The Morgan fingerprint density at radius 1 is 1.11 bits per heavy atom. The molecule has 3 amide bonds. The minimum absolute atomic E-state index is 0.149. The topological polar surface area (TPSA) is 65.5 Å². The van der Waals surface area contributed by atoms with Gasteiger partial charge >= 0.3 is 6.03 Å². The van der Waals surface area contributed by atoms with E-state index >= 15 is 0 Å². The van der Waals surface area contributed by atoms with Gasteiger partial charge in [-0.1, -0.05) is 29.8 Å². The zero-order valence-electron chi connectivity index (χ0n) is 14.8. The van der Waals surface area contributed by atoms with E-state index in [9.17, 15) is 9.59 Å². The number of benzene rings is 1. The van der Waals surface area contributed by atoms with E-state index in [-0.39, 0.29) is 30.6 Å². The van der Waals surface area contributed by atoms with Crippen LogP contribution in [0.2, 0.25) is 5.02 Å². The summed E-state index contributed by atoms with van der Waals surface area (Å²) in [6.07, 6.45) is 5.07. The lowest BCUT2D eigenvalue weighted by Gasteiger charge is -2.47. The monoisotopic (exact) mass is 384 g/mol. The fourth-order valence-corrected chi connectivity index (χ4v) is 4.03. The highest BCUT2D eigenvalue weighted by atomic mass is 35.5. The highest BCUT2D eigenvalue weighted by molar-refractivity contribution is 6.31. The number of nitrogens with zero attached hydrogens (tertiary/aromatic N) is 3. The zero-order chi connectivity index (χ0) is 18.8. The first-order valence-electron chi connectivity index (χ1n) is 9.13. The van der Waals surface area contributed by atoms with E-state index in [0.717, 1.165) is 30.5 Å². The molecule has 2 aliphatic heterocycles. The van der Waals surface area contributed by atoms with E-state index < -0.39 is 0 Å². The number of nitrogens with one attached hydrogen (secondary N) is 1. The number of fused-ring (bicyclic) bond motifs is 1. The van der Waals surface area contributed by atoms with Gasteiger partial charge in [0.2, 0.25) is 5.91 Å². The Kier molecular flexibility index (Phi) is 5.09. The molecule has 3 heterocycles. The first-order valence-corrected chi connectivity index (χ1v) is 9.50. The standard InChI is InChI=1S/C20H21ClN4O2/c21-16-5-2-1-4-15(16)13-24-17-6-3-9-23-18(17)19(26)25(20(24)27)12-14-7-10-22-11-8-14/h1-2,4-5,7-8,10-11,17-18,23H,3,6,9,12-13H2. The van der Waals surface area contributed by atoms with Crippen LogP contribution in [0.4, 0.5) is 4.79 Å². The molecule has 0 radical (unpaired) electrons. The maximum absolute atomic E-state index is 13.3. The minimum atomic E-state index is -0.374. The molecule has 2 atom stereocenters. The molecule has 0 aliphatic carbocycles. The lowest BCUT2D eigenvalue weighted by molar-refractivity contribution is -0.137. The highest BCUT2D eigenvalue weighted by Gasteiger charge is 2.47. The van der Waals surface area contributed by atoms with Gasteiger partial charge in [0.05, 0.1) is 12.6 Å². The first-order chi connectivity index (χ1) is 13.1. The summed E-state index contributed by atoms with van der Waals surface area (Å²) in [5, 5.41) is 3.94. The molecule has 0 spiro atoms. The summed E-state index contributed by atoms with van der Waals surface area (Å²) >= 11 is 6.32. The minimum Gasteiger partial charge on any atom is -0.315 e. The summed E-state index contributed by atoms with van der Waals surface area (Å²) in [6.45, 7) is 1.41. The second kappa shape index (κ2) is 7.66. The number of halogens is 1. The number of pyridine rings is 1. The van der Waals surface area contributed by atoms with E-state index in [4.69, 9.17) is 11.6 Å². The largest absolute Gasteiger partial charge is 0.327 e. The van der Waals surface area contributed by atoms with Crippen LogP contribution < -0.4 is 5.32 Å². The van der Waals surface area contributed by atoms with Gasteiger partial charge in [0.1, 0.15) is 6.04 Å². The smallest absolute Gasteiger partial charge is 0.315 e. The molecule has 1 N–H and O–H groups in total. The van der Waals surface area contributed by atoms with Crippen molar-refractivity contribution in [2.24, 2.45) is 0 Å². The predicted molar refractivity (Wildman–Crippen MR) is 102 cm³/mol. The quantitative estimate of drug-likeness (QED) is 0.880. The van der Waals surface area contributed by atoms with Gasteiger partial charge in [-0.15, -0.1) is 0 Å². The summed E-state index contributed by atoms with van der Waals surface area (Å²) in [4.78, 5) is 33.4. The van der Waals surface area contributed by atoms with Crippen LogP contribution in [-0.2, 0) is 17.9 Å². The lowest BCUT2D eigenvalue weighted by atomic mass is 9.93. The summed E-state index contributed by atoms with van der Waals surface area (Å²) in [7, 11) is 0. The van der Waals surface area contributed by atoms with E-state index in [0.29, 0.717) is 11.6 Å². The number of hydrogen-bond donors (Lipinski definition) is 1. The third-order valence-corrected chi connectivity index (χ3v) is 5.59. The van der Waals surface area contributed by atoms with E-state index in [2.05, 4.69) is 10.3 Å². The van der Waals surface area contributed by atoms with Crippen LogP contribution in [0, 0.1) is 0 Å². The van der Waals surface area contributed by atoms with Crippen molar-refractivity contribution >= 4 is 23.5 Å². The van der Waals surface area contributed by atoms with Crippen LogP contribution in [0.25, 0.3) is 0 Å². The van der Waals surface area contributed by atoms with Crippen molar-refractivity contribution in [1.29, 1.82) is 0 Å². The van der Waals surface area contributed by atoms with Crippen molar-refractivity contribution in [1.82, 2.24) is 20.1 Å². The second-order valence-electron chi connectivity index (χ2n) is 6.92. The molecule has 0 bridgehead atoms. The van der Waals surface area contributed by atoms with Crippen molar-refractivity contribution in [2.45, 2.75) is 38.0 Å². The Labute approximate surface area is 163 Å². The molecule has 2 saturated heterocycles. The van der Waals surface area contributed by atoms with Crippen molar-refractivity contribution in [3.63, 3.8) is 0 Å². The molecular formula is C20H21ClN4O2. The molecule has 1 aromatic carbocycles. The molecule has 1 aromatic heterocycles. The maximum atomic E-state index is 13.3. The number of aromatic nitrogens is 1. The number of hydrogen-bond acceptors (Lipinski definition) is 4. The van der Waals surface area contributed by atoms with Crippen LogP contribution in [0.1, 0.15) is 24.0 Å². The van der Waals surface area contributed by atoms with Crippen LogP contribution >= 0.6 is 11.6 Å². The summed E-state index contributed by atoms with van der Waals surface area (Å²) in [5.74, 6) is -0.156. The Morgan fingerprint density at radius 2 is 1.89 bits per heavy atom. The number of imide groups is 1. The van der Waals surface area contributed by atoms with E-state index in [1.165, 1.54) is 4.90 Å². The third kappa shape index (κ3) is 3.55. The number of amides is 3. The highest BCUT2D eigenvalue weighted by Crippen LogP contribution is 2.29. The van der Waals surface area contributed by atoms with E-state index in [1.807, 2.05) is 36.4 Å². The molecule has 2 fully saturated rings. The molecule has 27 heavy (non-hydrogen) atoms. The second-order valence-corrected chi connectivity index (χ2v) is 7.33. The molecule has 0 saturated carbocycles. The van der Waals surface area contributed by atoms with Crippen molar-refractivity contribution in [2.75, 3.05) is 6.54 Å². The van der Waals surface area contributed by atoms with Crippen LogP contribution in [-0.4, -0.2) is 45.4 Å². The number of carbonyl (C=O) groups excluding carboxylic acids is 2. The Bertz CT molecular complexity index is 845. The lowest BCUT2D eigenvalue weighted by Crippen LogP contribution is -2.68. The predicted octanol–water partition coefficient (Wildman–Crippen LogP) is 2.82. The van der Waals surface area contributed by atoms with Gasteiger partial charge in [-0.2, -0.15) is 0 Å². The average Bonchev–Trinajstić information content (AvgIpc) is 2.70. The molecular weight excluding hydrogens is 364 g/mol. The van der Waals surface area contributed by atoms with Gasteiger partial charge in [-0.3, -0.25) is 14.7 Å². The van der Waals surface area contributed by atoms with Gasteiger partial charge in [0.15, 0.2) is 0 Å². The number of carbonyl (C=O) groups is 2. The number of urea groups is 1. The zero-order valence-corrected chi connectivity index (χ0v) is 15.6. The van der Waals surface area contributed by atoms with Gasteiger partial charge in [-0.05, 0) is 48.7 Å². The van der Waals surface area contributed by atoms with E-state index in [1.54, 1.807) is 17.3 Å². The molecule has 2 unspecified atom stereocenters. The summed E-state index contributed by atoms with van der Waals surface area (Å²) < 4.78 is 0. The number of piperidine rings is 1. The summed E-state index contributed by atoms with van der Waals surface area (Å²) in [6, 6.07) is 10.4. The molecule has 6 nitrogen and oxygen atoms in total. The fraction of sp³-hybridized carbons (Fsp3) is 0.350. The third-order valence-electron chi connectivity index (χ3n) is 5.22. The molecule has 140 valence electrons. The fourth-order valence-electron chi connectivity index (χ4n) is 3.83. The Hall–Kier alpha value is -2.44.